The van der Waals surface area contributed by atoms with Crippen molar-refractivity contribution in [3.05, 3.63) is 58.3 Å². The van der Waals surface area contributed by atoms with Gasteiger partial charge >= 0.3 is 0 Å². The summed E-state index contributed by atoms with van der Waals surface area (Å²) in [6.45, 7) is 8.73. The minimum absolute atomic E-state index is 0.0782. The number of carbonyl (C=O) groups is 1. The van der Waals surface area contributed by atoms with E-state index in [9.17, 15) is 9.59 Å². The van der Waals surface area contributed by atoms with Crippen molar-refractivity contribution < 1.29 is 4.79 Å². The molecule has 0 aliphatic rings. The number of nitrogens with zero attached hydrogens (tertiary/aromatic N) is 3. The van der Waals surface area contributed by atoms with Crippen LogP contribution in [0.5, 0.6) is 0 Å². The first kappa shape index (κ1) is 19.9. The van der Waals surface area contributed by atoms with Gasteiger partial charge in [-0.3, -0.25) is 9.59 Å². The second-order valence-electron chi connectivity index (χ2n) is 7.29. The minimum atomic E-state index is -0.113. The molecule has 2 heterocycles. The largest absolute Gasteiger partial charge is 0.354 e. The molecule has 1 atom stereocenters. The monoisotopic (exact) mass is 380 g/mol. The molecule has 3 rings (SSSR count). The Hall–Kier alpha value is -2.89. The van der Waals surface area contributed by atoms with Crippen molar-refractivity contribution in [1.29, 1.82) is 0 Å². The highest BCUT2D eigenvalue weighted by atomic mass is 16.1. The summed E-state index contributed by atoms with van der Waals surface area (Å²) >= 11 is 0. The molecule has 0 fully saturated rings. The molecule has 1 amide bonds. The Labute approximate surface area is 165 Å². The molecule has 0 saturated carbocycles. The van der Waals surface area contributed by atoms with Crippen LogP contribution in [0.1, 0.15) is 44.5 Å². The normalized spacial score (nSPS) is 12.3. The average molecular weight is 380 g/mol. The van der Waals surface area contributed by atoms with Crippen LogP contribution in [0.3, 0.4) is 0 Å². The summed E-state index contributed by atoms with van der Waals surface area (Å²) in [5.41, 5.74) is 2.57. The molecule has 1 N–H and O–H groups in total. The smallest absolute Gasteiger partial charge is 0.281 e. The summed E-state index contributed by atoms with van der Waals surface area (Å²) in [6.07, 6.45) is 3.89. The highest BCUT2D eigenvalue weighted by Crippen LogP contribution is 2.23. The first-order valence-electron chi connectivity index (χ1n) is 9.86. The van der Waals surface area contributed by atoms with Crippen LogP contribution in [-0.2, 0) is 11.3 Å². The lowest BCUT2D eigenvalue weighted by molar-refractivity contribution is -0.121. The van der Waals surface area contributed by atoms with E-state index in [4.69, 9.17) is 0 Å². The van der Waals surface area contributed by atoms with Crippen LogP contribution in [0.15, 0.2) is 41.3 Å². The predicted octanol–water partition coefficient (Wildman–Crippen LogP) is 3.50. The molecule has 0 saturated heterocycles. The molecule has 148 valence electrons. The molecule has 1 aromatic carbocycles. The van der Waals surface area contributed by atoms with E-state index < -0.39 is 0 Å². The predicted molar refractivity (Wildman–Crippen MR) is 112 cm³/mol. The second kappa shape index (κ2) is 8.42. The van der Waals surface area contributed by atoms with E-state index in [2.05, 4.69) is 21.9 Å². The number of hydrogen-bond donors (Lipinski definition) is 1. The highest BCUT2D eigenvalue weighted by Gasteiger charge is 2.17. The number of nitrogens with one attached hydrogen (secondary N) is 1. The lowest BCUT2D eigenvalue weighted by Crippen LogP contribution is -2.31. The molecule has 6 nitrogen and oxygen atoms in total. The second-order valence-corrected chi connectivity index (χ2v) is 7.29. The summed E-state index contributed by atoms with van der Waals surface area (Å²) in [4.78, 5) is 25.1. The quantitative estimate of drug-likeness (QED) is 0.682. The Morgan fingerprint density at radius 3 is 2.57 bits per heavy atom. The van der Waals surface area contributed by atoms with Crippen LogP contribution < -0.4 is 10.9 Å². The van der Waals surface area contributed by atoms with Crippen molar-refractivity contribution in [3.8, 4) is 5.69 Å². The van der Waals surface area contributed by atoms with E-state index in [1.54, 1.807) is 6.20 Å². The van der Waals surface area contributed by atoms with Crippen molar-refractivity contribution in [2.45, 2.75) is 59.5 Å². The third-order valence-corrected chi connectivity index (χ3v) is 5.35. The fourth-order valence-electron chi connectivity index (χ4n) is 3.54. The van der Waals surface area contributed by atoms with Gasteiger partial charge < -0.3 is 9.88 Å². The van der Waals surface area contributed by atoms with E-state index in [0.29, 0.717) is 18.4 Å². The maximum Gasteiger partial charge on any atom is 0.281 e. The fourth-order valence-corrected chi connectivity index (χ4v) is 3.54. The lowest BCUT2D eigenvalue weighted by Gasteiger charge is -2.12. The Kier molecular flexibility index (Phi) is 5.97. The Morgan fingerprint density at radius 2 is 1.89 bits per heavy atom. The maximum atomic E-state index is 13.1. The van der Waals surface area contributed by atoms with E-state index >= 15 is 0 Å². The van der Waals surface area contributed by atoms with Crippen molar-refractivity contribution >= 4 is 16.7 Å². The van der Waals surface area contributed by atoms with Crippen LogP contribution in [0, 0.1) is 13.8 Å². The summed E-state index contributed by atoms with van der Waals surface area (Å²) in [6, 6.07) is 9.64. The molecule has 0 spiro atoms. The maximum absolute atomic E-state index is 13.1. The van der Waals surface area contributed by atoms with Crippen molar-refractivity contribution in [2.24, 2.45) is 0 Å². The number of rotatable bonds is 7. The van der Waals surface area contributed by atoms with Gasteiger partial charge in [0.2, 0.25) is 5.91 Å². The number of aryl methyl sites for hydroxylation is 2. The average Bonchev–Trinajstić information content (AvgIpc) is 2.94. The third-order valence-electron chi connectivity index (χ3n) is 5.35. The van der Waals surface area contributed by atoms with E-state index in [0.717, 1.165) is 35.3 Å². The molecule has 2 aromatic heterocycles. The molecule has 0 radical (unpaired) electrons. The number of hydrogen-bond acceptors (Lipinski definition) is 3. The SMILES string of the molecule is CCC(C)NC(=O)CCCn1c(C)c2cnn(-c3ccccc3)c(=O)c2c1C. The summed E-state index contributed by atoms with van der Waals surface area (Å²) in [7, 11) is 0. The molecule has 6 heteroatoms. The number of fused-ring (bicyclic) bond motifs is 1. The van der Waals surface area contributed by atoms with Crippen LogP contribution in [0.4, 0.5) is 0 Å². The van der Waals surface area contributed by atoms with Gasteiger partial charge in [-0.05, 0) is 45.7 Å². The van der Waals surface area contributed by atoms with Gasteiger partial charge in [0.05, 0.1) is 17.3 Å². The number of aromatic nitrogens is 3. The van der Waals surface area contributed by atoms with Gasteiger partial charge in [-0.25, -0.2) is 0 Å². The zero-order chi connectivity index (χ0) is 20.3. The van der Waals surface area contributed by atoms with Gasteiger partial charge in [0.1, 0.15) is 0 Å². The van der Waals surface area contributed by atoms with Gasteiger partial charge in [-0.2, -0.15) is 9.78 Å². The molecule has 28 heavy (non-hydrogen) atoms. The van der Waals surface area contributed by atoms with Gasteiger partial charge in [-0.1, -0.05) is 25.1 Å². The summed E-state index contributed by atoms with van der Waals surface area (Å²) in [5, 5.41) is 8.93. The highest BCUT2D eigenvalue weighted by molar-refractivity contribution is 5.87. The first-order valence-corrected chi connectivity index (χ1v) is 9.86. The van der Waals surface area contributed by atoms with Crippen LogP contribution >= 0.6 is 0 Å². The van der Waals surface area contributed by atoms with Crippen LogP contribution in [-0.4, -0.2) is 26.3 Å². The third kappa shape index (κ3) is 3.86. The van der Waals surface area contributed by atoms with Crippen LogP contribution in [0.25, 0.3) is 16.5 Å². The van der Waals surface area contributed by atoms with Crippen molar-refractivity contribution in [3.63, 3.8) is 0 Å². The van der Waals surface area contributed by atoms with Gasteiger partial charge in [0.25, 0.3) is 5.56 Å². The number of para-hydroxylation sites is 1. The zero-order valence-corrected chi connectivity index (χ0v) is 17.0. The lowest BCUT2D eigenvalue weighted by atomic mass is 10.2. The standard InChI is InChI=1S/C22H28N4O2/c1-5-15(2)24-20(27)12-9-13-25-16(3)19-14-23-26(18-10-7-6-8-11-18)22(28)21(19)17(25)4/h6-8,10-11,14-15H,5,9,12-13H2,1-4H3,(H,24,27). The van der Waals surface area contributed by atoms with Gasteiger partial charge in [0.15, 0.2) is 0 Å². The topological polar surface area (TPSA) is 68.9 Å². The van der Waals surface area contributed by atoms with E-state index in [1.807, 2.05) is 51.1 Å². The molecular formula is C22H28N4O2. The molecular weight excluding hydrogens is 352 g/mol. The number of benzene rings is 1. The molecule has 3 aromatic rings. The van der Waals surface area contributed by atoms with Gasteiger partial charge in [-0.15, -0.1) is 0 Å². The zero-order valence-electron chi connectivity index (χ0n) is 17.0. The van der Waals surface area contributed by atoms with Crippen molar-refractivity contribution in [1.82, 2.24) is 19.7 Å². The van der Waals surface area contributed by atoms with E-state index in [-0.39, 0.29) is 17.5 Å². The number of amides is 1. The molecule has 0 bridgehead atoms. The van der Waals surface area contributed by atoms with E-state index in [1.165, 1.54) is 4.68 Å². The Balaban J connectivity index is 1.86. The van der Waals surface area contributed by atoms with Crippen LogP contribution in [0.2, 0.25) is 0 Å². The fraction of sp³-hybridized carbons (Fsp3) is 0.409. The molecule has 0 aliphatic carbocycles. The summed E-state index contributed by atoms with van der Waals surface area (Å²) in [5.74, 6) is 0.0782. The minimum Gasteiger partial charge on any atom is -0.354 e. The Morgan fingerprint density at radius 1 is 1.18 bits per heavy atom. The molecule has 0 aliphatic heterocycles. The van der Waals surface area contributed by atoms with Gasteiger partial charge in [0, 0.05) is 35.8 Å². The Bertz CT molecular complexity index is 1030. The first-order chi connectivity index (χ1) is 13.4. The summed E-state index contributed by atoms with van der Waals surface area (Å²) < 4.78 is 3.57. The van der Waals surface area contributed by atoms with Crippen molar-refractivity contribution in [2.75, 3.05) is 0 Å². The molecule has 1 unspecified atom stereocenters. The number of carbonyl (C=O) groups excluding carboxylic acids is 1.